The van der Waals surface area contributed by atoms with E-state index in [2.05, 4.69) is 5.32 Å². The minimum Gasteiger partial charge on any atom is -0.316 e. The summed E-state index contributed by atoms with van der Waals surface area (Å²) < 4.78 is 26.8. The largest absolute Gasteiger partial charge is 0.316 e. The molecule has 0 aliphatic heterocycles. The molecule has 1 nitrogen and oxygen atoms in total. The van der Waals surface area contributed by atoms with Crippen LogP contribution in [-0.2, 0) is 6.54 Å². The summed E-state index contributed by atoms with van der Waals surface area (Å²) in [5, 5.41) is 3.52. The third-order valence-corrected chi connectivity index (χ3v) is 3.03. The Bertz CT molecular complexity index is 570. The Morgan fingerprint density at radius 2 is 1.94 bits per heavy atom. The minimum atomic E-state index is -0.858. The molecule has 2 aromatic rings. The standard InChI is InChI=1S/C14H12ClF2N/c1-18-8-10-6-5-9(7-12(10)15)11-3-2-4-13(16)14(11)17/h2-7,18H,8H2,1H3. The zero-order chi connectivity index (χ0) is 13.1. The molecule has 0 spiro atoms. The number of nitrogens with one attached hydrogen (secondary N) is 1. The van der Waals surface area contributed by atoms with Crippen LogP contribution in [0.3, 0.4) is 0 Å². The van der Waals surface area contributed by atoms with Gasteiger partial charge in [0.05, 0.1) is 0 Å². The summed E-state index contributed by atoms with van der Waals surface area (Å²) in [5.41, 5.74) is 1.70. The maximum Gasteiger partial charge on any atom is 0.166 e. The van der Waals surface area contributed by atoms with Crippen molar-refractivity contribution < 1.29 is 8.78 Å². The van der Waals surface area contributed by atoms with Crippen LogP contribution in [-0.4, -0.2) is 7.05 Å². The van der Waals surface area contributed by atoms with E-state index in [1.54, 1.807) is 18.2 Å². The molecule has 0 aliphatic rings. The molecule has 0 radical (unpaired) electrons. The Labute approximate surface area is 109 Å². The maximum absolute atomic E-state index is 13.6. The second kappa shape index (κ2) is 5.46. The highest BCUT2D eigenvalue weighted by Gasteiger charge is 2.10. The summed E-state index contributed by atoms with van der Waals surface area (Å²) in [6.45, 7) is 0.630. The van der Waals surface area contributed by atoms with Crippen molar-refractivity contribution in [2.75, 3.05) is 7.05 Å². The second-order valence-corrected chi connectivity index (χ2v) is 4.35. The predicted molar refractivity (Wildman–Crippen MR) is 69.6 cm³/mol. The van der Waals surface area contributed by atoms with Gasteiger partial charge in [-0.05, 0) is 30.3 Å². The highest BCUT2D eigenvalue weighted by atomic mass is 35.5. The summed E-state index contributed by atoms with van der Waals surface area (Å²) in [5.74, 6) is -1.71. The Balaban J connectivity index is 2.46. The summed E-state index contributed by atoms with van der Waals surface area (Å²) in [6.07, 6.45) is 0. The van der Waals surface area contributed by atoms with Crippen LogP contribution in [0.1, 0.15) is 5.56 Å². The van der Waals surface area contributed by atoms with E-state index >= 15 is 0 Å². The quantitative estimate of drug-likeness (QED) is 0.886. The normalized spacial score (nSPS) is 10.7. The molecule has 0 atom stereocenters. The summed E-state index contributed by atoms with van der Waals surface area (Å²) in [7, 11) is 1.82. The van der Waals surface area contributed by atoms with E-state index < -0.39 is 11.6 Å². The van der Waals surface area contributed by atoms with Gasteiger partial charge in [-0.1, -0.05) is 35.9 Å². The molecule has 0 saturated carbocycles. The molecule has 0 bridgehead atoms. The average molecular weight is 268 g/mol. The molecule has 0 aliphatic carbocycles. The van der Waals surface area contributed by atoms with E-state index in [1.807, 2.05) is 7.05 Å². The van der Waals surface area contributed by atoms with Crippen LogP contribution in [0.2, 0.25) is 5.02 Å². The Morgan fingerprint density at radius 3 is 2.61 bits per heavy atom. The maximum atomic E-state index is 13.6. The highest BCUT2D eigenvalue weighted by Crippen LogP contribution is 2.28. The van der Waals surface area contributed by atoms with Crippen molar-refractivity contribution in [2.45, 2.75) is 6.54 Å². The van der Waals surface area contributed by atoms with Gasteiger partial charge in [-0.15, -0.1) is 0 Å². The van der Waals surface area contributed by atoms with Crippen molar-refractivity contribution in [1.29, 1.82) is 0 Å². The highest BCUT2D eigenvalue weighted by molar-refractivity contribution is 6.31. The molecule has 94 valence electrons. The lowest BCUT2D eigenvalue weighted by Gasteiger charge is -2.08. The molecule has 2 rings (SSSR count). The third-order valence-electron chi connectivity index (χ3n) is 2.68. The van der Waals surface area contributed by atoms with Gasteiger partial charge in [0.15, 0.2) is 11.6 Å². The van der Waals surface area contributed by atoms with Crippen molar-refractivity contribution in [3.63, 3.8) is 0 Å². The predicted octanol–water partition coefficient (Wildman–Crippen LogP) is 4.00. The van der Waals surface area contributed by atoms with E-state index in [-0.39, 0.29) is 5.56 Å². The number of rotatable bonds is 3. The van der Waals surface area contributed by atoms with Gasteiger partial charge in [0.2, 0.25) is 0 Å². The van der Waals surface area contributed by atoms with Gasteiger partial charge in [-0.2, -0.15) is 0 Å². The van der Waals surface area contributed by atoms with Crippen molar-refractivity contribution in [2.24, 2.45) is 0 Å². The number of hydrogen-bond donors (Lipinski definition) is 1. The molecule has 0 heterocycles. The van der Waals surface area contributed by atoms with Gasteiger partial charge in [-0.25, -0.2) is 8.78 Å². The fraction of sp³-hybridized carbons (Fsp3) is 0.143. The molecule has 0 aromatic heterocycles. The topological polar surface area (TPSA) is 12.0 Å². The number of benzene rings is 2. The molecule has 0 amide bonds. The monoisotopic (exact) mass is 267 g/mol. The van der Waals surface area contributed by atoms with Crippen molar-refractivity contribution in [1.82, 2.24) is 5.32 Å². The van der Waals surface area contributed by atoms with Crippen LogP contribution in [0, 0.1) is 11.6 Å². The van der Waals surface area contributed by atoms with Crippen LogP contribution in [0.5, 0.6) is 0 Å². The summed E-state index contributed by atoms with van der Waals surface area (Å²) in [6, 6.07) is 9.28. The van der Waals surface area contributed by atoms with E-state index in [9.17, 15) is 8.78 Å². The Hall–Kier alpha value is -1.45. The number of halogens is 3. The van der Waals surface area contributed by atoms with Gasteiger partial charge in [-0.3, -0.25) is 0 Å². The summed E-state index contributed by atoms with van der Waals surface area (Å²) in [4.78, 5) is 0. The van der Waals surface area contributed by atoms with E-state index in [0.29, 0.717) is 17.1 Å². The van der Waals surface area contributed by atoms with Crippen molar-refractivity contribution in [3.05, 3.63) is 58.6 Å². The van der Waals surface area contributed by atoms with Gasteiger partial charge < -0.3 is 5.32 Å². The van der Waals surface area contributed by atoms with Crippen LogP contribution in [0.15, 0.2) is 36.4 Å². The van der Waals surface area contributed by atoms with Crippen LogP contribution >= 0.6 is 11.6 Å². The van der Waals surface area contributed by atoms with Gasteiger partial charge >= 0.3 is 0 Å². The molecule has 2 aromatic carbocycles. The van der Waals surface area contributed by atoms with Crippen molar-refractivity contribution in [3.8, 4) is 11.1 Å². The zero-order valence-corrected chi connectivity index (χ0v) is 10.6. The fourth-order valence-electron chi connectivity index (χ4n) is 1.78. The minimum absolute atomic E-state index is 0.216. The first kappa shape index (κ1) is 13.0. The molecule has 0 fully saturated rings. The molecule has 1 N–H and O–H groups in total. The first-order valence-electron chi connectivity index (χ1n) is 5.51. The molecule has 0 unspecified atom stereocenters. The Morgan fingerprint density at radius 1 is 1.17 bits per heavy atom. The Kier molecular flexibility index (Phi) is 3.94. The van der Waals surface area contributed by atoms with E-state index in [4.69, 9.17) is 11.6 Å². The molecule has 18 heavy (non-hydrogen) atoms. The van der Waals surface area contributed by atoms with Crippen molar-refractivity contribution >= 4 is 11.6 Å². The van der Waals surface area contributed by atoms with E-state index in [0.717, 1.165) is 11.6 Å². The average Bonchev–Trinajstić information content (AvgIpc) is 2.35. The lowest BCUT2D eigenvalue weighted by Crippen LogP contribution is -2.05. The lowest BCUT2D eigenvalue weighted by atomic mass is 10.0. The summed E-state index contributed by atoms with van der Waals surface area (Å²) >= 11 is 6.09. The lowest BCUT2D eigenvalue weighted by molar-refractivity contribution is 0.511. The molecular weight excluding hydrogens is 256 g/mol. The first-order valence-corrected chi connectivity index (χ1v) is 5.88. The molecule has 4 heteroatoms. The molecular formula is C14H12ClF2N. The van der Waals surface area contributed by atoms with Gasteiger partial charge in [0.25, 0.3) is 0 Å². The van der Waals surface area contributed by atoms with Gasteiger partial charge in [0, 0.05) is 17.1 Å². The second-order valence-electron chi connectivity index (χ2n) is 3.94. The van der Waals surface area contributed by atoms with Gasteiger partial charge in [0.1, 0.15) is 0 Å². The smallest absolute Gasteiger partial charge is 0.166 e. The molecule has 0 saturated heterocycles. The van der Waals surface area contributed by atoms with Crippen LogP contribution in [0.25, 0.3) is 11.1 Å². The van der Waals surface area contributed by atoms with Crippen LogP contribution < -0.4 is 5.32 Å². The third kappa shape index (κ3) is 2.52. The zero-order valence-electron chi connectivity index (χ0n) is 9.81. The number of hydrogen-bond acceptors (Lipinski definition) is 1. The van der Waals surface area contributed by atoms with Crippen LogP contribution in [0.4, 0.5) is 8.78 Å². The first-order chi connectivity index (χ1) is 8.63. The SMILES string of the molecule is CNCc1ccc(-c2cccc(F)c2F)cc1Cl. The fourth-order valence-corrected chi connectivity index (χ4v) is 2.02. The van der Waals surface area contributed by atoms with E-state index in [1.165, 1.54) is 12.1 Å².